The lowest BCUT2D eigenvalue weighted by Crippen LogP contribution is -2.66. The van der Waals surface area contributed by atoms with Crippen molar-refractivity contribution >= 4 is 5.91 Å². The van der Waals surface area contributed by atoms with E-state index in [1.54, 1.807) is 6.08 Å². The molecule has 380 valence electrons. The third-order valence-corrected chi connectivity index (χ3v) is 12.2. The van der Waals surface area contributed by atoms with Crippen molar-refractivity contribution < 1.29 is 89.4 Å². The molecule has 3 saturated heterocycles. The van der Waals surface area contributed by atoms with Crippen molar-refractivity contribution in [3.63, 3.8) is 0 Å². The number of carbonyl (C=O) groups excluding carboxylic acids is 1. The maximum absolute atomic E-state index is 13.1. The molecule has 3 aliphatic rings. The van der Waals surface area contributed by atoms with E-state index in [0.717, 1.165) is 64.2 Å². The van der Waals surface area contributed by atoms with Gasteiger partial charge < -0.3 is 89.9 Å². The Morgan fingerprint density at radius 1 is 0.538 bits per heavy atom. The highest BCUT2D eigenvalue weighted by Gasteiger charge is 2.53. The summed E-state index contributed by atoms with van der Waals surface area (Å²) in [5.74, 6) is -0.293. The number of unbranched alkanes of at least 4 members (excludes halogenated alkanes) is 14. The molecule has 12 N–H and O–H groups in total. The summed E-state index contributed by atoms with van der Waals surface area (Å²) in [4.78, 5) is 13.1. The van der Waals surface area contributed by atoms with E-state index < -0.39 is 124 Å². The minimum absolute atomic E-state index is 0.232. The van der Waals surface area contributed by atoms with Crippen LogP contribution in [0.15, 0.2) is 24.3 Å². The van der Waals surface area contributed by atoms with Crippen LogP contribution >= 0.6 is 0 Å². The van der Waals surface area contributed by atoms with Crippen LogP contribution < -0.4 is 5.32 Å². The molecule has 0 bridgehead atoms. The van der Waals surface area contributed by atoms with E-state index >= 15 is 0 Å². The number of carbonyl (C=O) groups is 1. The van der Waals surface area contributed by atoms with Gasteiger partial charge in [0.05, 0.1) is 38.6 Å². The molecule has 0 aliphatic carbocycles. The minimum Gasteiger partial charge on any atom is -0.394 e. The number of allylic oxidation sites excluding steroid dienone is 3. The Hall–Kier alpha value is -1.73. The maximum Gasteiger partial charge on any atom is 0.220 e. The van der Waals surface area contributed by atoms with Crippen molar-refractivity contribution in [2.24, 2.45) is 0 Å². The predicted octanol–water partition coefficient (Wildman–Crippen LogP) is 0.471. The molecule has 3 heterocycles. The van der Waals surface area contributed by atoms with Gasteiger partial charge in [-0.05, 0) is 38.5 Å². The molecule has 19 nitrogen and oxygen atoms in total. The van der Waals surface area contributed by atoms with Crippen molar-refractivity contribution in [3.8, 4) is 0 Å². The van der Waals surface area contributed by atoms with Gasteiger partial charge in [-0.2, -0.15) is 0 Å². The van der Waals surface area contributed by atoms with E-state index in [1.165, 1.54) is 38.5 Å². The molecule has 3 aliphatic heterocycles. The molecule has 0 aromatic carbocycles. The number of hydrogen-bond acceptors (Lipinski definition) is 18. The Kier molecular flexibility index (Phi) is 28.5. The topological polar surface area (TPSA) is 307 Å². The molecule has 3 rings (SSSR count). The van der Waals surface area contributed by atoms with Gasteiger partial charge in [-0.1, -0.05) is 109 Å². The molecule has 19 heteroatoms. The molecule has 0 saturated carbocycles. The average Bonchev–Trinajstić information content (AvgIpc) is 3.30. The van der Waals surface area contributed by atoms with Crippen molar-refractivity contribution in [2.45, 2.75) is 234 Å². The number of ether oxygens (including phenoxy) is 6. The molecule has 17 atom stereocenters. The normalized spacial score (nSPS) is 34.3. The number of rotatable bonds is 32. The van der Waals surface area contributed by atoms with Crippen LogP contribution in [0.1, 0.15) is 129 Å². The summed E-state index contributed by atoms with van der Waals surface area (Å²) in [5.41, 5.74) is 0. The van der Waals surface area contributed by atoms with Crippen LogP contribution in [0.5, 0.6) is 0 Å². The van der Waals surface area contributed by atoms with Gasteiger partial charge in [0, 0.05) is 6.42 Å². The van der Waals surface area contributed by atoms with E-state index in [4.69, 9.17) is 28.4 Å². The predicted molar refractivity (Wildman–Crippen MR) is 236 cm³/mol. The van der Waals surface area contributed by atoms with Crippen LogP contribution in [-0.2, 0) is 33.2 Å². The first kappa shape index (κ1) is 57.6. The molecule has 0 radical (unpaired) electrons. The standard InChI is InChI=1S/C46H83NO18/c1-3-5-7-9-11-13-14-16-18-20-22-24-34(52)47-29(30(51)23-21-19-17-15-12-10-8-6-4-2)28-60-44-40(58)37(55)42(32(26-49)62-44)65-46-41(59)38(56)43(33(27-50)63-46)64-45-39(57)36(54)35(53)31(25-48)61-45/h9,11,21,23,29-33,35-46,48-51,53-59H,3-8,10,12-20,22,24-28H2,1-2H3,(H,47,52)/b11-9-,23-21+. The second kappa shape index (κ2) is 32.2. The quantitative estimate of drug-likeness (QED) is 0.0322. The average molecular weight is 938 g/mol. The monoisotopic (exact) mass is 938 g/mol. The fourth-order valence-corrected chi connectivity index (χ4v) is 8.11. The van der Waals surface area contributed by atoms with Gasteiger partial charge in [-0.3, -0.25) is 4.79 Å². The number of nitrogens with one attached hydrogen (secondary N) is 1. The second-order valence-electron chi connectivity index (χ2n) is 17.6. The van der Waals surface area contributed by atoms with Gasteiger partial charge in [-0.25, -0.2) is 0 Å². The lowest BCUT2D eigenvalue weighted by atomic mass is 9.96. The third-order valence-electron chi connectivity index (χ3n) is 12.2. The van der Waals surface area contributed by atoms with E-state index in [9.17, 15) is 61.0 Å². The first-order chi connectivity index (χ1) is 31.3. The summed E-state index contributed by atoms with van der Waals surface area (Å²) in [6, 6.07) is -0.970. The zero-order valence-corrected chi connectivity index (χ0v) is 38.5. The van der Waals surface area contributed by atoms with Gasteiger partial charge in [0.2, 0.25) is 5.91 Å². The van der Waals surface area contributed by atoms with Gasteiger partial charge in [0.25, 0.3) is 0 Å². The summed E-state index contributed by atoms with van der Waals surface area (Å²) in [7, 11) is 0. The number of amides is 1. The molecule has 1 amide bonds. The van der Waals surface area contributed by atoms with Gasteiger partial charge in [-0.15, -0.1) is 0 Å². The van der Waals surface area contributed by atoms with Crippen molar-refractivity contribution in [1.82, 2.24) is 5.32 Å². The molecule has 17 unspecified atom stereocenters. The molecular formula is C46H83NO18. The first-order valence-corrected chi connectivity index (χ1v) is 24.1. The zero-order valence-electron chi connectivity index (χ0n) is 38.5. The van der Waals surface area contributed by atoms with Crippen LogP contribution in [-0.4, -0.2) is 193 Å². The number of aliphatic hydroxyl groups is 11. The molecule has 3 fully saturated rings. The third kappa shape index (κ3) is 18.9. The highest BCUT2D eigenvalue weighted by atomic mass is 16.8. The largest absolute Gasteiger partial charge is 0.394 e. The van der Waals surface area contributed by atoms with Crippen molar-refractivity contribution in [3.05, 3.63) is 24.3 Å². The minimum atomic E-state index is -1.97. The Bertz CT molecular complexity index is 1310. The summed E-state index contributed by atoms with van der Waals surface area (Å²) in [6.07, 6.45) is -0.718. The second-order valence-corrected chi connectivity index (χ2v) is 17.6. The van der Waals surface area contributed by atoms with Gasteiger partial charge >= 0.3 is 0 Å². The SMILES string of the molecule is CCCC/C=C\CCCCCCCC(=O)NC(COC1OC(CO)C(OC2OC(CO)C(OC3OC(CO)C(O)C(O)C3O)C(O)C2O)C(O)C1O)C(O)/C=C/CCCCCCCCC. The van der Waals surface area contributed by atoms with Crippen LogP contribution in [0, 0.1) is 0 Å². The summed E-state index contributed by atoms with van der Waals surface area (Å²) in [5, 5.41) is 119. The van der Waals surface area contributed by atoms with Gasteiger partial charge in [0.15, 0.2) is 18.9 Å². The summed E-state index contributed by atoms with van der Waals surface area (Å²) >= 11 is 0. The van der Waals surface area contributed by atoms with Gasteiger partial charge in [0.1, 0.15) is 73.2 Å². The van der Waals surface area contributed by atoms with E-state index in [0.29, 0.717) is 6.42 Å². The summed E-state index contributed by atoms with van der Waals surface area (Å²) in [6.45, 7) is 1.58. The fraction of sp³-hybridized carbons (Fsp3) is 0.891. The molecule has 0 aromatic rings. The van der Waals surface area contributed by atoms with Crippen LogP contribution in [0.4, 0.5) is 0 Å². The fourth-order valence-electron chi connectivity index (χ4n) is 8.11. The summed E-state index contributed by atoms with van der Waals surface area (Å²) < 4.78 is 34.0. The van der Waals surface area contributed by atoms with E-state index in [2.05, 4.69) is 31.3 Å². The zero-order chi connectivity index (χ0) is 47.7. The van der Waals surface area contributed by atoms with E-state index in [-0.39, 0.29) is 18.9 Å². The molecule has 65 heavy (non-hydrogen) atoms. The van der Waals surface area contributed by atoms with Crippen LogP contribution in [0.2, 0.25) is 0 Å². The number of hydrogen-bond donors (Lipinski definition) is 12. The van der Waals surface area contributed by atoms with Crippen molar-refractivity contribution in [1.29, 1.82) is 0 Å². The Labute approximate surface area is 384 Å². The molecule has 0 spiro atoms. The lowest BCUT2D eigenvalue weighted by Gasteiger charge is -2.48. The first-order valence-electron chi connectivity index (χ1n) is 24.1. The Balaban J connectivity index is 1.59. The van der Waals surface area contributed by atoms with E-state index in [1.807, 2.05) is 6.08 Å². The van der Waals surface area contributed by atoms with Crippen LogP contribution in [0.25, 0.3) is 0 Å². The molecule has 0 aromatic heterocycles. The van der Waals surface area contributed by atoms with Crippen molar-refractivity contribution in [2.75, 3.05) is 26.4 Å². The lowest BCUT2D eigenvalue weighted by molar-refractivity contribution is -0.379. The number of aliphatic hydroxyl groups excluding tert-OH is 11. The maximum atomic E-state index is 13.1. The Morgan fingerprint density at radius 2 is 0.985 bits per heavy atom. The highest BCUT2D eigenvalue weighted by Crippen LogP contribution is 2.33. The Morgan fingerprint density at radius 3 is 1.54 bits per heavy atom. The molecular weight excluding hydrogens is 854 g/mol. The van der Waals surface area contributed by atoms with Crippen LogP contribution in [0.3, 0.4) is 0 Å². The smallest absolute Gasteiger partial charge is 0.220 e. The highest BCUT2D eigenvalue weighted by molar-refractivity contribution is 5.76.